The SMILES string of the molecule is CCOC(=O)c1ccc(NC(=O)CSc2nnc(-c3cn(CC)nc3OCC)n2CCOC)cc1. The van der Waals surface area contributed by atoms with Crippen LogP contribution in [0.1, 0.15) is 31.1 Å². The van der Waals surface area contributed by atoms with E-state index < -0.39 is 5.97 Å². The van der Waals surface area contributed by atoms with Gasteiger partial charge in [-0.3, -0.25) is 14.0 Å². The number of rotatable bonds is 13. The lowest BCUT2D eigenvalue weighted by atomic mass is 10.2. The number of nitrogens with one attached hydrogen (secondary N) is 1. The minimum Gasteiger partial charge on any atom is -0.476 e. The number of nitrogens with zero attached hydrogens (tertiary/aromatic N) is 5. The van der Waals surface area contributed by atoms with E-state index in [1.165, 1.54) is 11.8 Å². The van der Waals surface area contributed by atoms with Crippen molar-refractivity contribution in [3.8, 4) is 17.3 Å². The number of anilines is 1. The van der Waals surface area contributed by atoms with E-state index in [-0.39, 0.29) is 11.7 Å². The zero-order valence-corrected chi connectivity index (χ0v) is 21.1. The molecule has 0 fully saturated rings. The Morgan fingerprint density at radius 1 is 1.09 bits per heavy atom. The summed E-state index contributed by atoms with van der Waals surface area (Å²) in [6, 6.07) is 6.55. The van der Waals surface area contributed by atoms with Gasteiger partial charge in [-0.1, -0.05) is 11.8 Å². The summed E-state index contributed by atoms with van der Waals surface area (Å²) in [7, 11) is 1.62. The molecule has 0 radical (unpaired) electrons. The number of aryl methyl sites for hydroxylation is 1. The Morgan fingerprint density at radius 3 is 2.51 bits per heavy atom. The average Bonchev–Trinajstić information content (AvgIpc) is 3.45. The van der Waals surface area contributed by atoms with Crippen LogP contribution in [0.5, 0.6) is 5.88 Å². The molecule has 2 heterocycles. The van der Waals surface area contributed by atoms with Gasteiger partial charge in [0.15, 0.2) is 11.0 Å². The molecule has 188 valence electrons. The standard InChI is InChI=1S/C23H30N6O5S/c1-5-28-14-18(21(27-28)33-6-2)20-25-26-23(29(20)12-13-32-4)35-15-19(30)24-17-10-8-16(9-11-17)22(31)34-7-3/h8-11,14H,5-7,12-13,15H2,1-4H3,(H,24,30). The van der Waals surface area contributed by atoms with Gasteiger partial charge in [-0.25, -0.2) is 4.79 Å². The van der Waals surface area contributed by atoms with Gasteiger partial charge >= 0.3 is 5.97 Å². The van der Waals surface area contributed by atoms with Gasteiger partial charge in [-0.15, -0.1) is 15.3 Å². The second-order valence-corrected chi connectivity index (χ2v) is 8.16. The Hall–Kier alpha value is -3.38. The monoisotopic (exact) mass is 502 g/mol. The van der Waals surface area contributed by atoms with Crippen molar-refractivity contribution < 1.29 is 23.8 Å². The fourth-order valence-corrected chi connectivity index (χ4v) is 3.94. The first-order valence-electron chi connectivity index (χ1n) is 11.3. The van der Waals surface area contributed by atoms with E-state index >= 15 is 0 Å². The smallest absolute Gasteiger partial charge is 0.338 e. The van der Waals surface area contributed by atoms with Gasteiger partial charge in [-0.05, 0) is 45.0 Å². The second kappa shape index (κ2) is 12.9. The molecule has 3 aromatic rings. The summed E-state index contributed by atoms with van der Waals surface area (Å²) in [6.07, 6.45) is 1.87. The molecule has 35 heavy (non-hydrogen) atoms. The minimum atomic E-state index is -0.399. The Labute approximate surface area is 208 Å². The van der Waals surface area contributed by atoms with E-state index in [0.717, 1.165) is 5.56 Å². The number of ether oxygens (including phenoxy) is 3. The fourth-order valence-electron chi connectivity index (χ4n) is 3.17. The molecule has 2 aromatic heterocycles. The van der Waals surface area contributed by atoms with Gasteiger partial charge in [0.1, 0.15) is 5.56 Å². The highest BCUT2D eigenvalue weighted by atomic mass is 32.2. The van der Waals surface area contributed by atoms with E-state index in [0.29, 0.717) is 61.0 Å². The summed E-state index contributed by atoms with van der Waals surface area (Å²) in [6.45, 7) is 8.06. The molecule has 1 N–H and O–H groups in total. The van der Waals surface area contributed by atoms with Crippen molar-refractivity contribution in [2.75, 3.05) is 38.0 Å². The summed E-state index contributed by atoms with van der Waals surface area (Å²) in [5, 5.41) is 16.5. The van der Waals surface area contributed by atoms with Crippen LogP contribution in [-0.4, -0.2) is 69.1 Å². The van der Waals surface area contributed by atoms with Crippen LogP contribution in [0, 0.1) is 0 Å². The summed E-state index contributed by atoms with van der Waals surface area (Å²) in [5.74, 6) is 0.598. The molecule has 0 saturated carbocycles. The van der Waals surface area contributed by atoms with E-state index in [2.05, 4.69) is 20.6 Å². The number of thioether (sulfide) groups is 1. The summed E-state index contributed by atoms with van der Waals surface area (Å²) in [4.78, 5) is 24.3. The highest BCUT2D eigenvalue weighted by Crippen LogP contribution is 2.30. The molecule has 3 rings (SSSR count). The molecule has 1 amide bonds. The number of amides is 1. The molecular weight excluding hydrogens is 472 g/mol. The number of carbonyl (C=O) groups is 2. The Kier molecular flexibility index (Phi) is 9.67. The third-order valence-electron chi connectivity index (χ3n) is 4.82. The number of aromatic nitrogens is 5. The molecule has 0 bridgehead atoms. The van der Waals surface area contributed by atoms with Gasteiger partial charge in [0.25, 0.3) is 0 Å². The first-order chi connectivity index (χ1) is 17.0. The number of carbonyl (C=O) groups excluding carboxylic acids is 2. The fraction of sp³-hybridized carbons (Fsp3) is 0.435. The third-order valence-corrected chi connectivity index (χ3v) is 5.79. The predicted octanol–water partition coefficient (Wildman–Crippen LogP) is 3.11. The Balaban J connectivity index is 1.71. The second-order valence-electron chi connectivity index (χ2n) is 7.22. The molecule has 11 nitrogen and oxygen atoms in total. The molecule has 0 aliphatic heterocycles. The Bertz CT molecular complexity index is 1130. The maximum absolute atomic E-state index is 12.6. The first kappa shape index (κ1) is 26.2. The van der Waals surface area contributed by atoms with Crippen LogP contribution < -0.4 is 10.1 Å². The summed E-state index contributed by atoms with van der Waals surface area (Å²) in [5.41, 5.74) is 1.74. The van der Waals surface area contributed by atoms with Gasteiger partial charge < -0.3 is 19.5 Å². The summed E-state index contributed by atoms with van der Waals surface area (Å²) >= 11 is 1.27. The zero-order valence-electron chi connectivity index (χ0n) is 20.3. The van der Waals surface area contributed by atoms with Gasteiger partial charge in [-0.2, -0.15) is 0 Å². The number of benzene rings is 1. The van der Waals surface area contributed by atoms with Crippen molar-refractivity contribution in [1.82, 2.24) is 24.5 Å². The van der Waals surface area contributed by atoms with Crippen LogP contribution in [0.2, 0.25) is 0 Å². The summed E-state index contributed by atoms with van der Waals surface area (Å²) < 4.78 is 19.6. The molecule has 0 saturated heterocycles. The average molecular weight is 503 g/mol. The lowest BCUT2D eigenvalue weighted by Gasteiger charge is -2.10. The Morgan fingerprint density at radius 2 is 1.86 bits per heavy atom. The lowest BCUT2D eigenvalue weighted by Crippen LogP contribution is -2.15. The van der Waals surface area contributed by atoms with E-state index in [1.54, 1.807) is 43.0 Å². The van der Waals surface area contributed by atoms with Gasteiger partial charge in [0.05, 0.1) is 37.7 Å². The van der Waals surface area contributed by atoms with Gasteiger partial charge in [0.2, 0.25) is 11.8 Å². The van der Waals surface area contributed by atoms with E-state index in [4.69, 9.17) is 14.2 Å². The van der Waals surface area contributed by atoms with Crippen LogP contribution in [-0.2, 0) is 27.4 Å². The quantitative estimate of drug-likeness (QED) is 0.277. The number of esters is 1. The number of hydrogen-bond donors (Lipinski definition) is 1. The normalized spacial score (nSPS) is 10.9. The third kappa shape index (κ3) is 6.83. The van der Waals surface area contributed by atoms with E-state index in [9.17, 15) is 9.59 Å². The lowest BCUT2D eigenvalue weighted by molar-refractivity contribution is -0.113. The maximum Gasteiger partial charge on any atom is 0.338 e. The molecule has 12 heteroatoms. The zero-order chi connectivity index (χ0) is 25.2. The highest BCUT2D eigenvalue weighted by molar-refractivity contribution is 7.99. The van der Waals surface area contributed by atoms with Crippen LogP contribution in [0.3, 0.4) is 0 Å². The van der Waals surface area contributed by atoms with Crippen molar-refractivity contribution in [1.29, 1.82) is 0 Å². The van der Waals surface area contributed by atoms with Crippen molar-refractivity contribution >= 4 is 29.3 Å². The van der Waals surface area contributed by atoms with Crippen molar-refractivity contribution in [2.45, 2.75) is 39.0 Å². The maximum atomic E-state index is 12.6. The first-order valence-corrected chi connectivity index (χ1v) is 12.3. The highest BCUT2D eigenvalue weighted by Gasteiger charge is 2.21. The van der Waals surface area contributed by atoms with Crippen LogP contribution in [0.15, 0.2) is 35.6 Å². The molecular formula is C23H30N6O5S. The molecule has 0 aliphatic rings. The van der Waals surface area contributed by atoms with Crippen molar-refractivity contribution in [3.63, 3.8) is 0 Å². The topological polar surface area (TPSA) is 122 Å². The predicted molar refractivity (Wildman–Crippen MR) is 132 cm³/mol. The molecule has 1 aromatic carbocycles. The minimum absolute atomic E-state index is 0.122. The van der Waals surface area contributed by atoms with Crippen LogP contribution >= 0.6 is 11.8 Å². The number of hydrogen-bond acceptors (Lipinski definition) is 9. The molecule has 0 atom stereocenters. The largest absolute Gasteiger partial charge is 0.476 e. The van der Waals surface area contributed by atoms with E-state index in [1.807, 2.05) is 24.6 Å². The number of methoxy groups -OCH3 is 1. The molecule has 0 spiro atoms. The van der Waals surface area contributed by atoms with Crippen molar-refractivity contribution in [3.05, 3.63) is 36.0 Å². The molecule has 0 unspecified atom stereocenters. The van der Waals surface area contributed by atoms with Crippen molar-refractivity contribution in [2.24, 2.45) is 0 Å². The van der Waals surface area contributed by atoms with Gasteiger partial charge in [0, 0.05) is 25.5 Å². The van der Waals surface area contributed by atoms with Crippen LogP contribution in [0.4, 0.5) is 5.69 Å². The molecule has 0 aliphatic carbocycles. The van der Waals surface area contributed by atoms with Crippen LogP contribution in [0.25, 0.3) is 11.4 Å².